The van der Waals surface area contributed by atoms with Crippen molar-refractivity contribution in [2.75, 3.05) is 14.2 Å². The van der Waals surface area contributed by atoms with Crippen molar-refractivity contribution in [3.8, 4) is 22.9 Å². The van der Waals surface area contributed by atoms with Crippen molar-refractivity contribution in [3.05, 3.63) is 57.8 Å². The minimum Gasteiger partial charge on any atom is -0.497 e. The number of halogens is 1. The van der Waals surface area contributed by atoms with Crippen molar-refractivity contribution in [2.24, 2.45) is 5.10 Å². The standard InChI is InChI=1S/C17H15ClN4O2S/c1-23-14-8-5-12(15(9-14)24-2)10-19-22-16(20-21-17(22)25)11-3-6-13(18)7-4-11/h3-10H,1-2H3,(H,21,25)/b19-10+. The lowest BCUT2D eigenvalue weighted by Gasteiger charge is -2.07. The number of aromatic amines is 1. The third kappa shape index (κ3) is 3.72. The zero-order valence-corrected chi connectivity index (χ0v) is 15.1. The van der Waals surface area contributed by atoms with E-state index in [0.717, 1.165) is 11.1 Å². The van der Waals surface area contributed by atoms with Gasteiger partial charge < -0.3 is 9.47 Å². The van der Waals surface area contributed by atoms with Crippen LogP contribution in [0.4, 0.5) is 0 Å². The van der Waals surface area contributed by atoms with E-state index in [4.69, 9.17) is 33.3 Å². The van der Waals surface area contributed by atoms with Crippen LogP contribution in [0.25, 0.3) is 11.4 Å². The molecule has 1 N–H and O–H groups in total. The summed E-state index contributed by atoms with van der Waals surface area (Å²) in [4.78, 5) is 0. The van der Waals surface area contributed by atoms with Crippen molar-refractivity contribution in [2.45, 2.75) is 0 Å². The molecule has 0 radical (unpaired) electrons. The van der Waals surface area contributed by atoms with Gasteiger partial charge in [-0.25, -0.2) is 5.10 Å². The molecule has 0 fully saturated rings. The molecule has 0 saturated heterocycles. The number of ether oxygens (including phenoxy) is 2. The maximum absolute atomic E-state index is 5.93. The fourth-order valence-corrected chi connectivity index (χ4v) is 2.53. The fraction of sp³-hybridized carbons (Fsp3) is 0.118. The molecule has 25 heavy (non-hydrogen) atoms. The molecule has 0 aliphatic heterocycles. The van der Waals surface area contributed by atoms with Gasteiger partial charge in [-0.15, -0.1) is 0 Å². The van der Waals surface area contributed by atoms with Crippen molar-refractivity contribution in [1.82, 2.24) is 14.9 Å². The molecule has 8 heteroatoms. The first-order valence-electron chi connectivity index (χ1n) is 7.32. The van der Waals surface area contributed by atoms with Gasteiger partial charge in [0, 0.05) is 22.2 Å². The van der Waals surface area contributed by atoms with E-state index in [9.17, 15) is 0 Å². The summed E-state index contributed by atoms with van der Waals surface area (Å²) < 4.78 is 12.5. The lowest BCUT2D eigenvalue weighted by molar-refractivity contribution is 0.394. The Bertz CT molecular complexity index is 964. The molecule has 1 aromatic heterocycles. The van der Waals surface area contributed by atoms with Gasteiger partial charge in [0.2, 0.25) is 4.77 Å². The number of methoxy groups -OCH3 is 2. The third-order valence-electron chi connectivity index (χ3n) is 3.51. The van der Waals surface area contributed by atoms with Gasteiger partial charge in [-0.3, -0.25) is 0 Å². The molecule has 6 nitrogen and oxygen atoms in total. The highest BCUT2D eigenvalue weighted by Crippen LogP contribution is 2.24. The van der Waals surface area contributed by atoms with Crippen molar-refractivity contribution in [1.29, 1.82) is 0 Å². The Morgan fingerprint density at radius 3 is 2.60 bits per heavy atom. The van der Waals surface area contributed by atoms with Gasteiger partial charge >= 0.3 is 0 Å². The van der Waals surface area contributed by atoms with Gasteiger partial charge in [-0.2, -0.15) is 14.9 Å². The summed E-state index contributed by atoms with van der Waals surface area (Å²) in [5.74, 6) is 1.94. The normalized spacial score (nSPS) is 11.0. The molecular weight excluding hydrogens is 360 g/mol. The number of hydrogen-bond donors (Lipinski definition) is 1. The van der Waals surface area contributed by atoms with Crippen LogP contribution in [0, 0.1) is 4.77 Å². The Balaban J connectivity index is 1.99. The molecule has 0 amide bonds. The quantitative estimate of drug-likeness (QED) is 0.538. The van der Waals surface area contributed by atoms with Crippen molar-refractivity contribution in [3.63, 3.8) is 0 Å². The van der Waals surface area contributed by atoms with Crippen LogP contribution in [0.3, 0.4) is 0 Å². The number of rotatable bonds is 5. The Kier molecular flexibility index (Phi) is 5.16. The first-order valence-corrected chi connectivity index (χ1v) is 8.10. The Labute approximate surface area is 154 Å². The number of benzene rings is 2. The molecule has 3 aromatic rings. The van der Waals surface area contributed by atoms with Gasteiger partial charge in [0.25, 0.3) is 0 Å². The van der Waals surface area contributed by atoms with Gasteiger partial charge in [0.1, 0.15) is 11.5 Å². The highest BCUT2D eigenvalue weighted by Gasteiger charge is 2.09. The van der Waals surface area contributed by atoms with Crippen LogP contribution in [-0.4, -0.2) is 35.3 Å². The maximum atomic E-state index is 5.93. The van der Waals surface area contributed by atoms with Crippen LogP contribution in [-0.2, 0) is 0 Å². The van der Waals surface area contributed by atoms with Crippen molar-refractivity contribution >= 4 is 30.0 Å². The largest absolute Gasteiger partial charge is 0.497 e. The van der Waals surface area contributed by atoms with Crippen molar-refractivity contribution < 1.29 is 9.47 Å². The number of H-pyrrole nitrogens is 1. The predicted molar refractivity (Wildman–Crippen MR) is 100 cm³/mol. The summed E-state index contributed by atoms with van der Waals surface area (Å²) in [6.45, 7) is 0. The third-order valence-corrected chi connectivity index (χ3v) is 4.02. The first-order chi connectivity index (χ1) is 12.1. The van der Waals surface area contributed by atoms with E-state index >= 15 is 0 Å². The molecule has 128 valence electrons. The average Bonchev–Trinajstić information content (AvgIpc) is 3.01. The highest BCUT2D eigenvalue weighted by molar-refractivity contribution is 7.71. The number of nitrogens with zero attached hydrogens (tertiary/aromatic N) is 3. The second kappa shape index (κ2) is 7.50. The zero-order valence-electron chi connectivity index (χ0n) is 13.6. The Morgan fingerprint density at radius 2 is 1.92 bits per heavy atom. The molecule has 0 saturated carbocycles. The Morgan fingerprint density at radius 1 is 1.16 bits per heavy atom. The smallest absolute Gasteiger partial charge is 0.216 e. The highest BCUT2D eigenvalue weighted by atomic mass is 35.5. The molecular formula is C17H15ClN4O2S. The molecule has 0 spiro atoms. The van der Waals surface area contributed by atoms with Gasteiger partial charge in [0.05, 0.1) is 20.4 Å². The molecule has 1 heterocycles. The molecule has 2 aromatic carbocycles. The van der Waals surface area contributed by atoms with Crippen LogP contribution in [0.5, 0.6) is 11.5 Å². The van der Waals surface area contributed by atoms with Crippen LogP contribution in [0.1, 0.15) is 5.56 Å². The monoisotopic (exact) mass is 374 g/mol. The fourth-order valence-electron chi connectivity index (χ4n) is 2.23. The molecule has 3 rings (SSSR count). The lowest BCUT2D eigenvalue weighted by Crippen LogP contribution is -1.97. The SMILES string of the molecule is COc1ccc(/C=N/n2c(-c3ccc(Cl)cc3)n[nH]c2=S)c(OC)c1. The average molecular weight is 375 g/mol. The van der Waals surface area contributed by atoms with Crippen LogP contribution in [0.15, 0.2) is 47.6 Å². The van der Waals surface area contributed by atoms with Crippen LogP contribution >= 0.6 is 23.8 Å². The minimum absolute atomic E-state index is 0.383. The summed E-state index contributed by atoms with van der Waals surface area (Å²) in [5.41, 5.74) is 1.63. The van der Waals surface area contributed by atoms with E-state index in [1.54, 1.807) is 43.3 Å². The van der Waals surface area contributed by atoms with Gasteiger partial charge in [-0.1, -0.05) is 11.6 Å². The zero-order chi connectivity index (χ0) is 17.8. The van der Waals surface area contributed by atoms with E-state index in [1.165, 1.54) is 0 Å². The summed E-state index contributed by atoms with van der Waals surface area (Å²) in [7, 11) is 3.19. The van der Waals surface area contributed by atoms with E-state index in [0.29, 0.717) is 27.1 Å². The van der Waals surface area contributed by atoms with E-state index in [1.807, 2.05) is 24.3 Å². The van der Waals surface area contributed by atoms with Gasteiger partial charge in [-0.05, 0) is 48.6 Å². The molecule has 0 unspecified atom stereocenters. The van der Waals surface area contributed by atoms with Gasteiger partial charge in [0.15, 0.2) is 5.82 Å². The van der Waals surface area contributed by atoms with Crippen LogP contribution < -0.4 is 9.47 Å². The number of nitrogens with one attached hydrogen (secondary N) is 1. The number of aromatic nitrogens is 3. The predicted octanol–water partition coefficient (Wildman–Crippen LogP) is 4.16. The van der Waals surface area contributed by atoms with E-state index < -0.39 is 0 Å². The topological polar surface area (TPSA) is 64.4 Å². The molecule has 0 aliphatic carbocycles. The molecule has 0 atom stereocenters. The second-order valence-corrected chi connectivity index (χ2v) is 5.85. The molecule has 0 aliphatic rings. The summed E-state index contributed by atoms with van der Waals surface area (Å²) in [6.07, 6.45) is 1.66. The maximum Gasteiger partial charge on any atom is 0.216 e. The minimum atomic E-state index is 0.383. The first kappa shape index (κ1) is 17.2. The summed E-state index contributed by atoms with van der Waals surface area (Å²) in [6, 6.07) is 12.8. The van der Waals surface area contributed by atoms with E-state index in [2.05, 4.69) is 15.3 Å². The molecule has 0 bridgehead atoms. The van der Waals surface area contributed by atoms with E-state index in [-0.39, 0.29) is 0 Å². The summed E-state index contributed by atoms with van der Waals surface area (Å²) in [5, 5.41) is 12.1. The summed E-state index contributed by atoms with van der Waals surface area (Å²) >= 11 is 11.2. The van der Waals surface area contributed by atoms with Crippen LogP contribution in [0.2, 0.25) is 5.02 Å². The second-order valence-electron chi connectivity index (χ2n) is 5.02. The lowest BCUT2D eigenvalue weighted by atomic mass is 10.2. The Hall–Kier alpha value is -2.64. The number of hydrogen-bond acceptors (Lipinski definition) is 5.